The fraction of sp³-hybridized carbons (Fsp3) is 0.385. The third kappa shape index (κ3) is 4.16. The lowest BCUT2D eigenvalue weighted by molar-refractivity contribution is -0.138. The van der Waals surface area contributed by atoms with Crippen molar-refractivity contribution in [1.29, 1.82) is 0 Å². The maximum absolute atomic E-state index is 12.5. The molecule has 0 spiro atoms. The van der Waals surface area contributed by atoms with Crippen molar-refractivity contribution in [1.82, 2.24) is 4.90 Å². The highest BCUT2D eigenvalue weighted by Crippen LogP contribution is 2.20. The summed E-state index contributed by atoms with van der Waals surface area (Å²) < 4.78 is 24.1. The standard InChI is InChI=1S/C13H14INO5S/c14-10-3-1-9(2-4-10)13(18)15(7-12(16)17)11-5-6-21(19,20)8-11/h1-4,11H,5-8H2,(H,16,17). The first-order valence-electron chi connectivity index (χ1n) is 6.27. The van der Waals surface area contributed by atoms with Gasteiger partial charge in [0.15, 0.2) is 9.84 Å². The highest BCUT2D eigenvalue weighted by atomic mass is 127. The molecule has 8 heteroatoms. The topological polar surface area (TPSA) is 91.8 Å². The molecule has 1 fully saturated rings. The number of carbonyl (C=O) groups excluding carboxylic acids is 1. The molecule has 21 heavy (non-hydrogen) atoms. The Labute approximate surface area is 136 Å². The number of hydrogen-bond acceptors (Lipinski definition) is 4. The van der Waals surface area contributed by atoms with Crippen LogP contribution in [0.1, 0.15) is 16.8 Å². The van der Waals surface area contributed by atoms with E-state index in [-0.39, 0.29) is 17.9 Å². The fourth-order valence-electron chi connectivity index (χ4n) is 2.29. The number of halogens is 1. The molecule has 6 nitrogen and oxygen atoms in total. The van der Waals surface area contributed by atoms with E-state index in [1.165, 1.54) is 0 Å². The van der Waals surface area contributed by atoms with Gasteiger partial charge in [-0.15, -0.1) is 0 Å². The van der Waals surface area contributed by atoms with Gasteiger partial charge in [0.05, 0.1) is 11.5 Å². The molecule has 2 rings (SSSR count). The van der Waals surface area contributed by atoms with Crippen molar-refractivity contribution in [3.05, 3.63) is 33.4 Å². The average Bonchev–Trinajstić information content (AvgIpc) is 2.76. The van der Waals surface area contributed by atoms with Gasteiger partial charge in [-0.2, -0.15) is 0 Å². The van der Waals surface area contributed by atoms with Crippen molar-refractivity contribution in [3.63, 3.8) is 0 Å². The lowest BCUT2D eigenvalue weighted by Gasteiger charge is -2.26. The largest absolute Gasteiger partial charge is 0.480 e. The summed E-state index contributed by atoms with van der Waals surface area (Å²) in [7, 11) is -3.19. The molecule has 1 saturated heterocycles. The summed E-state index contributed by atoms with van der Waals surface area (Å²) >= 11 is 2.10. The number of hydrogen-bond donors (Lipinski definition) is 1. The Morgan fingerprint density at radius 1 is 1.29 bits per heavy atom. The summed E-state index contributed by atoms with van der Waals surface area (Å²) in [5, 5.41) is 8.97. The van der Waals surface area contributed by atoms with Crippen molar-refractivity contribution in [2.75, 3.05) is 18.1 Å². The molecule has 1 heterocycles. The minimum Gasteiger partial charge on any atom is -0.480 e. The Hall–Kier alpha value is -1.16. The van der Waals surface area contributed by atoms with Crippen LogP contribution in [0.4, 0.5) is 0 Å². The molecule has 1 aromatic carbocycles. The van der Waals surface area contributed by atoms with Crippen LogP contribution in [0.5, 0.6) is 0 Å². The third-order valence-electron chi connectivity index (χ3n) is 3.31. The number of carbonyl (C=O) groups is 2. The molecule has 1 unspecified atom stereocenters. The molecule has 1 amide bonds. The lowest BCUT2D eigenvalue weighted by atomic mass is 10.1. The van der Waals surface area contributed by atoms with E-state index in [0.717, 1.165) is 8.47 Å². The van der Waals surface area contributed by atoms with Crippen LogP contribution < -0.4 is 0 Å². The van der Waals surface area contributed by atoms with Crippen molar-refractivity contribution in [2.24, 2.45) is 0 Å². The smallest absolute Gasteiger partial charge is 0.323 e. The predicted molar refractivity (Wildman–Crippen MR) is 84.9 cm³/mol. The molecule has 1 atom stereocenters. The minimum atomic E-state index is -3.19. The summed E-state index contributed by atoms with van der Waals surface area (Å²) in [6.07, 6.45) is 0.283. The maximum atomic E-state index is 12.5. The van der Waals surface area contributed by atoms with Crippen LogP contribution in [0.2, 0.25) is 0 Å². The monoisotopic (exact) mass is 423 g/mol. The molecule has 1 aliphatic rings. The van der Waals surface area contributed by atoms with Crippen LogP contribution in [0.25, 0.3) is 0 Å². The highest BCUT2D eigenvalue weighted by molar-refractivity contribution is 14.1. The molecule has 0 aliphatic carbocycles. The van der Waals surface area contributed by atoms with E-state index in [1.54, 1.807) is 24.3 Å². The van der Waals surface area contributed by atoms with Crippen LogP contribution in [-0.2, 0) is 14.6 Å². The third-order valence-corrected chi connectivity index (χ3v) is 5.78. The number of benzene rings is 1. The van der Waals surface area contributed by atoms with Crippen LogP contribution in [0.15, 0.2) is 24.3 Å². The summed E-state index contributed by atoms with van der Waals surface area (Å²) in [5.41, 5.74) is 0.362. The molecular weight excluding hydrogens is 409 g/mol. The number of rotatable bonds is 4. The van der Waals surface area contributed by atoms with Gasteiger partial charge in [-0.25, -0.2) is 8.42 Å². The molecule has 114 valence electrons. The molecule has 1 N–H and O–H groups in total. The van der Waals surface area contributed by atoms with Crippen molar-refractivity contribution in [2.45, 2.75) is 12.5 Å². The van der Waals surface area contributed by atoms with E-state index in [9.17, 15) is 18.0 Å². The Balaban J connectivity index is 2.25. The number of carboxylic acid groups (broad SMARTS) is 1. The highest BCUT2D eigenvalue weighted by Gasteiger charge is 2.35. The first-order valence-corrected chi connectivity index (χ1v) is 9.17. The van der Waals surface area contributed by atoms with Crippen molar-refractivity contribution in [3.8, 4) is 0 Å². The Morgan fingerprint density at radius 3 is 2.38 bits per heavy atom. The number of carboxylic acids is 1. The molecule has 0 aromatic heterocycles. The first-order chi connectivity index (χ1) is 9.78. The van der Waals surface area contributed by atoms with Gasteiger partial charge in [-0.1, -0.05) is 0 Å². The number of sulfone groups is 1. The molecule has 0 bridgehead atoms. The van der Waals surface area contributed by atoms with E-state index in [2.05, 4.69) is 22.6 Å². The summed E-state index contributed by atoms with van der Waals surface area (Å²) in [6.45, 7) is -0.495. The van der Waals surface area contributed by atoms with E-state index in [1.807, 2.05) is 0 Å². The number of amides is 1. The number of aliphatic carboxylic acids is 1. The molecule has 0 saturated carbocycles. The summed E-state index contributed by atoms with van der Waals surface area (Å²) in [4.78, 5) is 24.6. The lowest BCUT2D eigenvalue weighted by Crippen LogP contribution is -2.44. The zero-order valence-corrected chi connectivity index (χ0v) is 14.0. The molecule has 0 radical (unpaired) electrons. The van der Waals surface area contributed by atoms with Crippen molar-refractivity contribution < 1.29 is 23.1 Å². The zero-order valence-electron chi connectivity index (χ0n) is 11.0. The molecule has 1 aromatic rings. The van der Waals surface area contributed by atoms with Crippen LogP contribution in [0.3, 0.4) is 0 Å². The second-order valence-corrected chi connectivity index (χ2v) is 8.36. The van der Waals surface area contributed by atoms with Crippen LogP contribution in [-0.4, -0.2) is 54.4 Å². The van der Waals surface area contributed by atoms with Crippen LogP contribution in [0, 0.1) is 3.57 Å². The van der Waals surface area contributed by atoms with Gasteiger partial charge in [-0.3, -0.25) is 9.59 Å². The molecular formula is C13H14INO5S. The second kappa shape index (κ2) is 6.30. The normalized spacial score (nSPS) is 20.1. The zero-order chi connectivity index (χ0) is 15.6. The number of nitrogens with zero attached hydrogens (tertiary/aromatic N) is 1. The van der Waals surface area contributed by atoms with E-state index in [0.29, 0.717) is 5.56 Å². The van der Waals surface area contributed by atoms with Gasteiger partial charge in [-0.05, 0) is 53.3 Å². The van der Waals surface area contributed by atoms with Crippen molar-refractivity contribution >= 4 is 44.3 Å². The van der Waals surface area contributed by atoms with Crippen LogP contribution >= 0.6 is 22.6 Å². The van der Waals surface area contributed by atoms with E-state index >= 15 is 0 Å². The Morgan fingerprint density at radius 2 is 1.90 bits per heavy atom. The SMILES string of the molecule is O=C(O)CN(C(=O)c1ccc(I)cc1)C1CCS(=O)(=O)C1. The fourth-order valence-corrected chi connectivity index (χ4v) is 4.38. The quantitative estimate of drug-likeness (QED) is 0.730. The summed E-state index contributed by atoms with van der Waals surface area (Å²) in [5.74, 6) is -1.78. The van der Waals surface area contributed by atoms with Gasteiger partial charge in [0.1, 0.15) is 6.54 Å². The Kier molecular flexibility index (Phi) is 4.87. The maximum Gasteiger partial charge on any atom is 0.323 e. The first kappa shape index (κ1) is 16.2. The molecule has 1 aliphatic heterocycles. The predicted octanol–water partition coefficient (Wildman–Crippen LogP) is 1.01. The minimum absolute atomic E-state index is 0.00620. The van der Waals surface area contributed by atoms with Gasteiger partial charge < -0.3 is 10.0 Å². The van der Waals surface area contributed by atoms with E-state index in [4.69, 9.17) is 5.11 Å². The second-order valence-electron chi connectivity index (χ2n) is 4.89. The van der Waals surface area contributed by atoms with Gasteiger partial charge >= 0.3 is 5.97 Å². The van der Waals surface area contributed by atoms with Gasteiger partial charge in [0, 0.05) is 15.2 Å². The summed E-state index contributed by atoms with van der Waals surface area (Å²) in [6, 6.07) is 6.15. The average molecular weight is 423 g/mol. The van der Waals surface area contributed by atoms with Gasteiger partial charge in [0.25, 0.3) is 5.91 Å². The van der Waals surface area contributed by atoms with Gasteiger partial charge in [0.2, 0.25) is 0 Å². The Bertz CT molecular complexity index is 656. The van der Waals surface area contributed by atoms with E-state index < -0.39 is 34.3 Å².